The number of fused-ring (bicyclic) bond motifs is 5. The molecular weight excluding hydrogens is 422 g/mol. The molecule has 0 saturated carbocycles. The number of pyridine rings is 1. The summed E-state index contributed by atoms with van der Waals surface area (Å²) in [5.74, 6) is 0.746. The zero-order chi connectivity index (χ0) is 21.7. The van der Waals surface area contributed by atoms with E-state index in [1.807, 2.05) is 31.5 Å². The van der Waals surface area contributed by atoms with E-state index < -0.39 is 0 Å². The lowest BCUT2D eigenvalue weighted by atomic mass is 10.1. The number of nitrogens with zero attached hydrogens (tertiary/aromatic N) is 4. The molecule has 3 N–H and O–H groups in total. The average molecular weight is 446 g/mol. The van der Waals surface area contributed by atoms with Crippen molar-refractivity contribution in [1.29, 1.82) is 0 Å². The van der Waals surface area contributed by atoms with Crippen molar-refractivity contribution >= 4 is 49.9 Å². The Morgan fingerprint density at radius 3 is 2.72 bits per heavy atom. The van der Waals surface area contributed by atoms with Crippen LogP contribution in [0.5, 0.6) is 0 Å². The van der Waals surface area contributed by atoms with Crippen molar-refractivity contribution in [2.75, 3.05) is 42.9 Å². The van der Waals surface area contributed by atoms with Crippen molar-refractivity contribution in [2.45, 2.75) is 13.0 Å². The Morgan fingerprint density at radius 1 is 1.09 bits per heavy atom. The second kappa shape index (κ2) is 7.68. The van der Waals surface area contributed by atoms with E-state index >= 15 is 0 Å². The first kappa shape index (κ1) is 19.4. The maximum Gasteiger partial charge on any atom is 0.263 e. The number of anilines is 2. The van der Waals surface area contributed by atoms with Crippen LogP contribution >= 0.6 is 11.3 Å². The van der Waals surface area contributed by atoms with Crippen LogP contribution in [0.4, 0.5) is 11.6 Å². The van der Waals surface area contributed by atoms with E-state index in [9.17, 15) is 4.79 Å². The molecule has 1 saturated heterocycles. The van der Waals surface area contributed by atoms with E-state index in [0.717, 1.165) is 74.9 Å². The van der Waals surface area contributed by atoms with Crippen LogP contribution in [-0.2, 0) is 0 Å². The molecule has 2 aliphatic heterocycles. The number of nitrogens with one attached hydrogen (secondary N) is 3. The highest BCUT2D eigenvalue weighted by Crippen LogP contribution is 2.41. The summed E-state index contributed by atoms with van der Waals surface area (Å²) < 4.78 is 1.08. The summed E-state index contributed by atoms with van der Waals surface area (Å²) in [6.07, 6.45) is 3.70. The van der Waals surface area contributed by atoms with Gasteiger partial charge in [0.2, 0.25) is 5.95 Å². The largest absolute Gasteiger partial charge is 0.381 e. The van der Waals surface area contributed by atoms with Crippen molar-refractivity contribution in [1.82, 2.24) is 25.6 Å². The molecule has 1 atom stereocenters. The monoisotopic (exact) mass is 445 g/mol. The Kier molecular flexibility index (Phi) is 4.65. The van der Waals surface area contributed by atoms with Crippen LogP contribution in [0.1, 0.15) is 16.6 Å². The smallest absolute Gasteiger partial charge is 0.263 e. The van der Waals surface area contributed by atoms with Crippen LogP contribution in [-0.4, -0.2) is 59.6 Å². The van der Waals surface area contributed by atoms with Gasteiger partial charge in [-0.2, -0.15) is 0 Å². The van der Waals surface area contributed by atoms with Gasteiger partial charge in [-0.3, -0.25) is 4.79 Å². The number of carbonyl (C=O) groups is 1. The van der Waals surface area contributed by atoms with Crippen molar-refractivity contribution in [3.63, 3.8) is 0 Å². The lowest BCUT2D eigenvalue weighted by Gasteiger charge is -2.27. The van der Waals surface area contributed by atoms with Gasteiger partial charge in [0, 0.05) is 72.2 Å². The fourth-order valence-electron chi connectivity index (χ4n) is 4.37. The van der Waals surface area contributed by atoms with Gasteiger partial charge in [0.15, 0.2) is 0 Å². The first-order chi connectivity index (χ1) is 15.7. The second-order valence-corrected chi connectivity index (χ2v) is 9.32. The Labute approximate surface area is 189 Å². The van der Waals surface area contributed by atoms with Gasteiger partial charge in [-0.1, -0.05) is 0 Å². The van der Waals surface area contributed by atoms with Gasteiger partial charge in [-0.05, 0) is 31.2 Å². The molecule has 1 aromatic carbocycles. The van der Waals surface area contributed by atoms with Gasteiger partial charge < -0.3 is 20.9 Å². The van der Waals surface area contributed by atoms with Gasteiger partial charge in [-0.25, -0.2) is 15.0 Å². The van der Waals surface area contributed by atoms with Crippen LogP contribution in [0.2, 0.25) is 0 Å². The third-order valence-electron chi connectivity index (χ3n) is 6.02. The number of piperazine rings is 1. The van der Waals surface area contributed by atoms with Gasteiger partial charge in [0.25, 0.3) is 5.91 Å². The SMILES string of the molecule is CC1CNc2c(sc3ccc4nc(-c5cnc(N6CCNCC6)nc5)ccc4c23)C(=O)N1. The molecular formula is C23H23N7OS. The number of rotatable bonds is 2. The van der Waals surface area contributed by atoms with Crippen LogP contribution in [0.15, 0.2) is 36.7 Å². The summed E-state index contributed by atoms with van der Waals surface area (Å²) in [7, 11) is 0. The van der Waals surface area contributed by atoms with E-state index in [1.54, 1.807) is 0 Å². The lowest BCUT2D eigenvalue weighted by molar-refractivity contribution is 0.0949. The quantitative estimate of drug-likeness (QED) is 0.437. The van der Waals surface area contributed by atoms with E-state index in [-0.39, 0.29) is 11.9 Å². The Morgan fingerprint density at radius 2 is 1.91 bits per heavy atom. The maximum atomic E-state index is 12.6. The summed E-state index contributed by atoms with van der Waals surface area (Å²) in [4.78, 5) is 29.6. The van der Waals surface area contributed by atoms with Crippen LogP contribution < -0.4 is 20.9 Å². The molecule has 32 heavy (non-hydrogen) atoms. The first-order valence-corrected chi connectivity index (χ1v) is 11.7. The molecule has 1 fully saturated rings. The number of hydrogen-bond acceptors (Lipinski definition) is 8. The average Bonchev–Trinajstić information content (AvgIpc) is 3.16. The van der Waals surface area contributed by atoms with Gasteiger partial charge in [-0.15, -0.1) is 11.3 Å². The number of hydrogen-bond donors (Lipinski definition) is 3. The molecule has 8 nitrogen and oxygen atoms in total. The Hall–Kier alpha value is -3.30. The molecule has 0 spiro atoms. The number of thiophene rings is 1. The van der Waals surface area contributed by atoms with Gasteiger partial charge in [0.1, 0.15) is 4.88 Å². The third-order valence-corrected chi connectivity index (χ3v) is 7.18. The van der Waals surface area contributed by atoms with Crippen LogP contribution in [0.25, 0.3) is 32.2 Å². The van der Waals surface area contributed by atoms with Gasteiger partial charge in [0.05, 0.1) is 16.9 Å². The first-order valence-electron chi connectivity index (χ1n) is 10.9. The molecule has 0 radical (unpaired) electrons. The number of carbonyl (C=O) groups excluding carboxylic acids is 1. The molecule has 2 aliphatic rings. The fourth-order valence-corrected chi connectivity index (χ4v) is 5.47. The highest BCUT2D eigenvalue weighted by atomic mass is 32.1. The minimum atomic E-state index is -0.0156. The summed E-state index contributed by atoms with van der Waals surface area (Å²) in [5, 5.41) is 12.0. The number of amides is 1. The molecule has 1 unspecified atom stereocenters. The predicted molar refractivity (Wildman–Crippen MR) is 129 cm³/mol. The third kappa shape index (κ3) is 3.25. The normalized spacial score (nSPS) is 18.8. The standard InChI is InChI=1S/C23H23N7OS/c1-13-10-25-20-19-15-2-3-16(14-11-26-23(27-12-14)30-8-6-24-7-9-30)29-17(15)4-5-18(19)32-21(20)22(31)28-13/h2-5,11-13,24-25H,6-10H2,1H3,(H,28,31). The molecule has 6 rings (SSSR count). The van der Waals surface area contributed by atoms with Crippen LogP contribution in [0.3, 0.4) is 0 Å². The summed E-state index contributed by atoms with van der Waals surface area (Å²) >= 11 is 1.52. The summed E-state index contributed by atoms with van der Waals surface area (Å²) in [6, 6.07) is 8.25. The molecule has 162 valence electrons. The summed E-state index contributed by atoms with van der Waals surface area (Å²) in [6.45, 7) is 6.44. The molecule has 3 aromatic heterocycles. The molecule has 9 heteroatoms. The zero-order valence-electron chi connectivity index (χ0n) is 17.7. The van der Waals surface area contributed by atoms with E-state index in [4.69, 9.17) is 4.98 Å². The second-order valence-electron chi connectivity index (χ2n) is 8.27. The zero-order valence-corrected chi connectivity index (χ0v) is 18.5. The van der Waals surface area contributed by atoms with Gasteiger partial charge >= 0.3 is 0 Å². The van der Waals surface area contributed by atoms with Crippen LogP contribution in [0, 0.1) is 0 Å². The number of aromatic nitrogens is 3. The fraction of sp³-hybridized carbons (Fsp3) is 0.304. The van der Waals surface area contributed by atoms with Crippen molar-refractivity contribution in [3.8, 4) is 11.3 Å². The van der Waals surface area contributed by atoms with E-state index in [0.29, 0.717) is 6.54 Å². The van der Waals surface area contributed by atoms with E-state index in [2.05, 4.69) is 43.0 Å². The highest BCUT2D eigenvalue weighted by molar-refractivity contribution is 7.21. The van der Waals surface area contributed by atoms with E-state index in [1.165, 1.54) is 11.3 Å². The Balaban J connectivity index is 1.39. The molecule has 4 aromatic rings. The van der Waals surface area contributed by atoms with Crippen molar-refractivity contribution in [2.24, 2.45) is 0 Å². The summed E-state index contributed by atoms with van der Waals surface area (Å²) in [5.41, 5.74) is 3.53. The maximum absolute atomic E-state index is 12.6. The topological polar surface area (TPSA) is 95.1 Å². The minimum absolute atomic E-state index is 0.0156. The highest BCUT2D eigenvalue weighted by Gasteiger charge is 2.24. The van der Waals surface area contributed by atoms with Crippen molar-refractivity contribution in [3.05, 3.63) is 41.5 Å². The minimum Gasteiger partial charge on any atom is -0.381 e. The molecule has 0 bridgehead atoms. The molecule has 0 aliphatic carbocycles. The lowest BCUT2D eigenvalue weighted by Crippen LogP contribution is -2.44. The van der Waals surface area contributed by atoms with Crippen molar-refractivity contribution < 1.29 is 4.79 Å². The molecule has 1 amide bonds. The predicted octanol–water partition coefficient (Wildman–Crippen LogP) is 2.86. The Bertz CT molecular complexity index is 1330. The number of benzene rings is 1. The molecule has 5 heterocycles.